The summed E-state index contributed by atoms with van der Waals surface area (Å²) in [4.78, 5) is 14.6. The van der Waals surface area contributed by atoms with Crippen molar-refractivity contribution in [1.29, 1.82) is 0 Å². The highest BCUT2D eigenvalue weighted by Crippen LogP contribution is 2.19. The van der Waals surface area contributed by atoms with Crippen LogP contribution < -0.4 is 4.74 Å². The summed E-state index contributed by atoms with van der Waals surface area (Å²) in [5.74, 6) is -1.36. The molecular weight excluding hydrogens is 289 g/mol. The van der Waals surface area contributed by atoms with Gasteiger partial charge in [-0.3, -0.25) is 4.79 Å². The summed E-state index contributed by atoms with van der Waals surface area (Å²) in [7, 11) is 1.54. The molecule has 1 heterocycles. The van der Waals surface area contributed by atoms with Crippen molar-refractivity contribution < 1.29 is 27.2 Å². The molecule has 21 heavy (non-hydrogen) atoms. The van der Waals surface area contributed by atoms with Crippen LogP contribution in [0.3, 0.4) is 0 Å². The summed E-state index contributed by atoms with van der Waals surface area (Å²) in [5.41, 5.74) is 0.838. The summed E-state index contributed by atoms with van der Waals surface area (Å²) < 4.78 is 46.0. The lowest BCUT2D eigenvalue weighted by molar-refractivity contribution is -0.170. The Balaban J connectivity index is 2.01. The third kappa shape index (κ3) is 4.04. The van der Waals surface area contributed by atoms with Crippen LogP contribution >= 0.6 is 0 Å². The molecule has 0 saturated carbocycles. The predicted octanol–water partition coefficient (Wildman–Crippen LogP) is 2.34. The Morgan fingerprint density at radius 2 is 1.95 bits per heavy atom. The molecule has 0 N–H and O–H groups in total. The lowest BCUT2D eigenvalue weighted by Gasteiger charge is -2.01. The topological polar surface area (TPSA) is 65.2 Å². The maximum absolute atomic E-state index is 12.1. The summed E-state index contributed by atoms with van der Waals surface area (Å²) in [6.07, 6.45) is -5.56. The van der Waals surface area contributed by atoms with Gasteiger partial charge in [0, 0.05) is 6.42 Å². The molecule has 5 nitrogen and oxygen atoms in total. The van der Waals surface area contributed by atoms with Crippen LogP contribution in [0.5, 0.6) is 5.75 Å². The average molecular weight is 300 g/mol. The lowest BCUT2D eigenvalue weighted by Crippen LogP contribution is -2.24. The quantitative estimate of drug-likeness (QED) is 0.848. The van der Waals surface area contributed by atoms with Crippen molar-refractivity contribution in [3.05, 3.63) is 41.5 Å². The van der Waals surface area contributed by atoms with E-state index in [1.54, 1.807) is 24.3 Å². The van der Waals surface area contributed by atoms with Crippen LogP contribution in [0.25, 0.3) is 0 Å². The molecular formula is C13H11F3N2O3. The molecule has 2 rings (SSSR count). The number of ketones is 1. The number of ether oxygens (including phenoxy) is 1. The summed E-state index contributed by atoms with van der Waals surface area (Å²) in [6, 6.07) is 7.03. The smallest absolute Gasteiger partial charge is 0.450 e. The number of alkyl halides is 3. The van der Waals surface area contributed by atoms with E-state index in [1.165, 1.54) is 7.11 Å². The first kappa shape index (κ1) is 15.0. The van der Waals surface area contributed by atoms with Crippen LogP contribution in [0.1, 0.15) is 17.3 Å². The van der Waals surface area contributed by atoms with Gasteiger partial charge in [-0.15, -0.1) is 0 Å². The Morgan fingerprint density at radius 3 is 2.52 bits per heavy atom. The normalized spacial score (nSPS) is 11.4. The highest BCUT2D eigenvalue weighted by Gasteiger charge is 2.39. The number of methoxy groups -OCH3 is 1. The maximum Gasteiger partial charge on any atom is 0.450 e. The zero-order valence-corrected chi connectivity index (χ0v) is 11.0. The zero-order valence-electron chi connectivity index (χ0n) is 11.0. The Bertz CT molecular complexity index is 620. The standard InChI is InChI=1S/C13H11F3N2O3/c1-20-9-4-2-8(3-5-9)6-11-17-12(21-18-11)7-10(19)13(14,15)16/h2-5H,6-7H2,1H3. The van der Waals surface area contributed by atoms with Gasteiger partial charge in [0.15, 0.2) is 5.82 Å². The van der Waals surface area contributed by atoms with E-state index < -0.39 is 18.4 Å². The summed E-state index contributed by atoms with van der Waals surface area (Å²) >= 11 is 0. The molecule has 0 amide bonds. The highest BCUT2D eigenvalue weighted by atomic mass is 19.4. The molecule has 2 aromatic rings. The number of nitrogens with zero attached hydrogens (tertiary/aromatic N) is 2. The second kappa shape index (κ2) is 5.94. The molecule has 0 atom stereocenters. The lowest BCUT2D eigenvalue weighted by atomic mass is 10.1. The van der Waals surface area contributed by atoms with Gasteiger partial charge in [0.2, 0.25) is 11.7 Å². The van der Waals surface area contributed by atoms with Gasteiger partial charge in [-0.2, -0.15) is 18.2 Å². The molecule has 0 spiro atoms. The first-order valence-corrected chi connectivity index (χ1v) is 5.93. The Hall–Kier alpha value is -2.38. The van der Waals surface area contributed by atoms with E-state index in [2.05, 4.69) is 14.7 Å². The van der Waals surface area contributed by atoms with Crippen LogP contribution in [0.15, 0.2) is 28.8 Å². The Labute approximate surface area is 117 Å². The molecule has 0 bridgehead atoms. The number of Topliss-reactive ketones (excluding diaryl/α,β-unsaturated/α-hetero) is 1. The monoisotopic (exact) mass is 300 g/mol. The van der Waals surface area contributed by atoms with Gasteiger partial charge >= 0.3 is 6.18 Å². The van der Waals surface area contributed by atoms with Crippen LogP contribution in [0.2, 0.25) is 0 Å². The molecule has 0 radical (unpaired) electrons. The van der Waals surface area contributed by atoms with Gasteiger partial charge < -0.3 is 9.26 Å². The minimum atomic E-state index is -4.90. The van der Waals surface area contributed by atoms with E-state index in [0.29, 0.717) is 5.75 Å². The van der Waals surface area contributed by atoms with Gasteiger partial charge in [-0.05, 0) is 17.7 Å². The molecule has 0 aliphatic carbocycles. The van der Waals surface area contributed by atoms with Gasteiger partial charge in [-0.1, -0.05) is 17.3 Å². The molecule has 1 aromatic heterocycles. The van der Waals surface area contributed by atoms with E-state index >= 15 is 0 Å². The van der Waals surface area contributed by atoms with Crippen LogP contribution in [-0.4, -0.2) is 29.2 Å². The van der Waals surface area contributed by atoms with E-state index in [1.807, 2.05) is 0 Å². The fourth-order valence-electron chi connectivity index (χ4n) is 1.60. The van der Waals surface area contributed by atoms with Crippen LogP contribution in [0.4, 0.5) is 13.2 Å². The van der Waals surface area contributed by atoms with E-state index in [0.717, 1.165) is 5.56 Å². The minimum absolute atomic E-state index is 0.213. The van der Waals surface area contributed by atoms with Crippen molar-refractivity contribution in [1.82, 2.24) is 10.1 Å². The number of halogens is 3. The molecule has 112 valence electrons. The Morgan fingerprint density at radius 1 is 1.29 bits per heavy atom. The molecule has 8 heteroatoms. The second-order valence-electron chi connectivity index (χ2n) is 4.23. The SMILES string of the molecule is COc1ccc(Cc2noc(CC(=O)C(F)(F)F)n2)cc1. The predicted molar refractivity (Wildman–Crippen MR) is 64.9 cm³/mol. The van der Waals surface area contributed by atoms with Crippen molar-refractivity contribution in [3.8, 4) is 5.75 Å². The minimum Gasteiger partial charge on any atom is -0.497 e. The van der Waals surface area contributed by atoms with Crippen molar-refractivity contribution in [2.75, 3.05) is 7.11 Å². The van der Waals surface area contributed by atoms with E-state index in [4.69, 9.17) is 4.74 Å². The summed E-state index contributed by atoms with van der Waals surface area (Å²) in [6.45, 7) is 0. The fourth-order valence-corrected chi connectivity index (χ4v) is 1.60. The first-order valence-electron chi connectivity index (χ1n) is 5.93. The van der Waals surface area contributed by atoms with E-state index in [-0.39, 0.29) is 18.1 Å². The van der Waals surface area contributed by atoms with Gasteiger partial charge in [0.25, 0.3) is 0 Å². The van der Waals surface area contributed by atoms with Crippen molar-refractivity contribution in [2.24, 2.45) is 0 Å². The largest absolute Gasteiger partial charge is 0.497 e. The molecule has 0 unspecified atom stereocenters. The average Bonchev–Trinajstić information content (AvgIpc) is 2.86. The number of carbonyl (C=O) groups is 1. The number of hydrogen-bond donors (Lipinski definition) is 0. The fraction of sp³-hybridized carbons (Fsp3) is 0.308. The third-order valence-corrected chi connectivity index (χ3v) is 2.66. The van der Waals surface area contributed by atoms with Gasteiger partial charge in [0.05, 0.1) is 13.5 Å². The van der Waals surface area contributed by atoms with E-state index in [9.17, 15) is 18.0 Å². The Kier molecular flexibility index (Phi) is 4.25. The number of carbonyl (C=O) groups excluding carboxylic acids is 1. The van der Waals surface area contributed by atoms with Crippen molar-refractivity contribution in [2.45, 2.75) is 19.0 Å². The summed E-state index contributed by atoms with van der Waals surface area (Å²) in [5, 5.41) is 3.55. The highest BCUT2D eigenvalue weighted by molar-refractivity contribution is 5.85. The van der Waals surface area contributed by atoms with Crippen molar-refractivity contribution in [3.63, 3.8) is 0 Å². The number of benzene rings is 1. The number of aromatic nitrogens is 2. The number of hydrogen-bond acceptors (Lipinski definition) is 5. The third-order valence-electron chi connectivity index (χ3n) is 2.66. The van der Waals surface area contributed by atoms with Crippen molar-refractivity contribution >= 4 is 5.78 Å². The first-order chi connectivity index (χ1) is 9.88. The molecule has 0 fully saturated rings. The molecule has 1 aromatic carbocycles. The number of rotatable bonds is 5. The van der Waals surface area contributed by atoms with Crippen LogP contribution in [-0.2, 0) is 17.6 Å². The molecule has 0 saturated heterocycles. The second-order valence-corrected chi connectivity index (χ2v) is 4.23. The van der Waals surface area contributed by atoms with Gasteiger partial charge in [0.1, 0.15) is 5.75 Å². The zero-order chi connectivity index (χ0) is 15.5. The molecule has 0 aliphatic rings. The maximum atomic E-state index is 12.1. The van der Waals surface area contributed by atoms with Gasteiger partial charge in [-0.25, -0.2) is 0 Å². The molecule has 0 aliphatic heterocycles. The van der Waals surface area contributed by atoms with Crippen LogP contribution in [0, 0.1) is 0 Å².